The van der Waals surface area contributed by atoms with Gasteiger partial charge in [0.1, 0.15) is 5.82 Å². The molecule has 2 amide bonds. The van der Waals surface area contributed by atoms with Crippen molar-refractivity contribution < 1.29 is 18.7 Å². The van der Waals surface area contributed by atoms with Gasteiger partial charge in [-0.15, -0.1) is 0 Å². The molecular weight excluding hydrogens is 319 g/mol. The molecule has 0 saturated carbocycles. The topological polar surface area (TPSA) is 67.4 Å². The summed E-state index contributed by atoms with van der Waals surface area (Å²) >= 11 is 3.18. The maximum Gasteiger partial charge on any atom is 0.319 e. The van der Waals surface area contributed by atoms with E-state index < -0.39 is 23.9 Å². The van der Waals surface area contributed by atoms with Crippen LogP contribution in [0, 0.1) is 5.82 Å². The number of ether oxygens (including phenoxy) is 1. The third-order valence-corrected chi connectivity index (χ3v) is 2.75. The van der Waals surface area contributed by atoms with E-state index in [0.717, 1.165) is 0 Å². The molecule has 5 nitrogen and oxygen atoms in total. The lowest BCUT2D eigenvalue weighted by molar-refractivity contribution is -0.141. The van der Waals surface area contributed by atoms with Crippen LogP contribution in [-0.2, 0) is 9.53 Å². The second-order valence-electron chi connectivity index (χ2n) is 3.90. The normalized spacial score (nSPS) is 11.6. The second kappa shape index (κ2) is 7.08. The number of urea groups is 1. The molecule has 0 unspecified atom stereocenters. The minimum atomic E-state index is -0.589. The van der Waals surface area contributed by atoms with Crippen LogP contribution in [0.2, 0.25) is 0 Å². The van der Waals surface area contributed by atoms with Gasteiger partial charge < -0.3 is 15.4 Å². The lowest BCUT2D eigenvalue weighted by Crippen LogP contribution is -2.37. The van der Waals surface area contributed by atoms with Crippen LogP contribution in [0.15, 0.2) is 22.7 Å². The highest BCUT2D eigenvalue weighted by Gasteiger charge is 2.13. The van der Waals surface area contributed by atoms with Crippen LogP contribution in [0.5, 0.6) is 0 Å². The van der Waals surface area contributed by atoms with Gasteiger partial charge in [-0.25, -0.2) is 9.18 Å². The van der Waals surface area contributed by atoms with E-state index in [1.165, 1.54) is 25.3 Å². The van der Waals surface area contributed by atoms with Crippen LogP contribution in [0.4, 0.5) is 14.9 Å². The fourth-order valence-corrected chi connectivity index (χ4v) is 1.72. The summed E-state index contributed by atoms with van der Waals surface area (Å²) < 4.78 is 18.5. The molecule has 2 N–H and O–H groups in total. The number of esters is 1. The van der Waals surface area contributed by atoms with Crippen LogP contribution in [0.25, 0.3) is 0 Å². The van der Waals surface area contributed by atoms with Crippen molar-refractivity contribution >= 4 is 33.6 Å². The number of carbonyl (C=O) groups is 2. The predicted molar refractivity (Wildman–Crippen MR) is 72.3 cm³/mol. The Balaban J connectivity index is 2.55. The van der Waals surface area contributed by atoms with Crippen LogP contribution >= 0.6 is 15.9 Å². The molecule has 0 radical (unpaired) electrons. The second-order valence-corrected chi connectivity index (χ2v) is 4.82. The summed E-state index contributed by atoms with van der Waals surface area (Å²) in [6, 6.07) is 3.20. The summed E-state index contributed by atoms with van der Waals surface area (Å²) in [7, 11) is 1.27. The van der Waals surface area contributed by atoms with Gasteiger partial charge in [-0.05, 0) is 25.1 Å². The molecule has 0 bridgehead atoms. The zero-order chi connectivity index (χ0) is 14.4. The number of hydrogen-bond acceptors (Lipinski definition) is 3. The maximum absolute atomic E-state index is 13.4. The summed E-state index contributed by atoms with van der Waals surface area (Å²) in [5.41, 5.74) is 0.0529. The molecule has 19 heavy (non-hydrogen) atoms. The molecule has 0 spiro atoms. The highest BCUT2D eigenvalue weighted by atomic mass is 79.9. The van der Waals surface area contributed by atoms with Crippen molar-refractivity contribution in [3.8, 4) is 0 Å². The van der Waals surface area contributed by atoms with Gasteiger partial charge in [0, 0.05) is 10.5 Å². The van der Waals surface area contributed by atoms with Gasteiger partial charge in [0.05, 0.1) is 19.2 Å². The van der Waals surface area contributed by atoms with Crippen molar-refractivity contribution in [2.24, 2.45) is 0 Å². The highest BCUT2D eigenvalue weighted by Crippen LogP contribution is 2.19. The molecule has 0 aliphatic carbocycles. The minimum absolute atomic E-state index is 0.0465. The van der Waals surface area contributed by atoms with Gasteiger partial charge in [-0.1, -0.05) is 15.9 Å². The SMILES string of the molecule is COC(=O)C[C@H](C)NC(=O)Nc1cc(Br)ccc1F. The average Bonchev–Trinajstić information content (AvgIpc) is 2.33. The molecule has 0 fully saturated rings. The first-order valence-corrected chi connectivity index (χ1v) is 6.31. The number of halogens is 2. The average molecular weight is 333 g/mol. The number of carbonyl (C=O) groups excluding carboxylic acids is 2. The summed E-state index contributed by atoms with van der Waals surface area (Å²) in [6.45, 7) is 1.65. The van der Waals surface area contributed by atoms with Crippen molar-refractivity contribution in [3.63, 3.8) is 0 Å². The minimum Gasteiger partial charge on any atom is -0.469 e. The molecule has 0 heterocycles. The fraction of sp³-hybridized carbons (Fsp3) is 0.333. The van der Waals surface area contributed by atoms with E-state index in [2.05, 4.69) is 31.3 Å². The lowest BCUT2D eigenvalue weighted by Gasteiger charge is -2.14. The van der Waals surface area contributed by atoms with Gasteiger partial charge in [0.2, 0.25) is 0 Å². The van der Waals surface area contributed by atoms with E-state index >= 15 is 0 Å². The third kappa shape index (κ3) is 5.25. The van der Waals surface area contributed by atoms with Gasteiger partial charge in [-0.2, -0.15) is 0 Å². The molecular formula is C12H14BrFN2O3. The van der Waals surface area contributed by atoms with Crippen molar-refractivity contribution in [1.29, 1.82) is 0 Å². The maximum atomic E-state index is 13.4. The Morgan fingerprint density at radius 3 is 2.79 bits per heavy atom. The van der Waals surface area contributed by atoms with Crippen molar-refractivity contribution in [2.75, 3.05) is 12.4 Å². The number of methoxy groups -OCH3 is 1. The zero-order valence-electron chi connectivity index (χ0n) is 10.5. The van der Waals surface area contributed by atoms with Gasteiger partial charge in [-0.3, -0.25) is 4.79 Å². The van der Waals surface area contributed by atoms with E-state index in [1.807, 2.05) is 0 Å². The number of hydrogen-bond donors (Lipinski definition) is 2. The summed E-state index contributed by atoms with van der Waals surface area (Å²) in [5.74, 6) is -0.972. The van der Waals surface area contributed by atoms with Crippen LogP contribution < -0.4 is 10.6 Å². The Morgan fingerprint density at radius 2 is 2.16 bits per heavy atom. The largest absolute Gasteiger partial charge is 0.469 e. The standard InChI is InChI=1S/C12H14BrFN2O3/c1-7(5-11(17)19-2)15-12(18)16-10-6-8(13)3-4-9(10)14/h3-4,6-7H,5H2,1-2H3,(H2,15,16,18)/t7-/m0/s1. The van der Waals surface area contributed by atoms with Gasteiger partial charge >= 0.3 is 12.0 Å². The number of rotatable bonds is 4. The Labute approximate surface area is 118 Å². The van der Waals surface area contributed by atoms with Crippen LogP contribution in [-0.4, -0.2) is 25.2 Å². The van der Waals surface area contributed by atoms with Crippen molar-refractivity contribution in [1.82, 2.24) is 5.32 Å². The van der Waals surface area contributed by atoms with E-state index in [9.17, 15) is 14.0 Å². The summed E-state index contributed by atoms with van der Waals surface area (Å²) in [5, 5.41) is 4.87. The van der Waals surface area contributed by atoms with Crippen LogP contribution in [0.3, 0.4) is 0 Å². The van der Waals surface area contributed by atoms with Gasteiger partial charge in [0.15, 0.2) is 0 Å². The quantitative estimate of drug-likeness (QED) is 0.833. The molecule has 104 valence electrons. The lowest BCUT2D eigenvalue weighted by atomic mass is 10.2. The first-order valence-electron chi connectivity index (χ1n) is 5.51. The summed E-state index contributed by atoms with van der Waals surface area (Å²) in [6.07, 6.45) is 0.0465. The molecule has 1 rings (SSSR count). The smallest absolute Gasteiger partial charge is 0.319 e. The Kier molecular flexibility index (Phi) is 5.75. The molecule has 1 aromatic rings. The van der Waals surface area contributed by atoms with E-state index in [1.54, 1.807) is 6.92 Å². The number of benzene rings is 1. The molecule has 0 aliphatic heterocycles. The van der Waals surface area contributed by atoms with E-state index in [4.69, 9.17) is 0 Å². The van der Waals surface area contributed by atoms with Crippen LogP contribution in [0.1, 0.15) is 13.3 Å². The zero-order valence-corrected chi connectivity index (χ0v) is 12.1. The predicted octanol–water partition coefficient (Wildman–Crippen LogP) is 2.66. The van der Waals surface area contributed by atoms with Gasteiger partial charge in [0.25, 0.3) is 0 Å². The van der Waals surface area contributed by atoms with E-state index in [0.29, 0.717) is 4.47 Å². The Bertz CT molecular complexity index is 482. The molecule has 1 aromatic carbocycles. The van der Waals surface area contributed by atoms with Crippen molar-refractivity contribution in [2.45, 2.75) is 19.4 Å². The molecule has 7 heteroatoms. The molecule has 0 aliphatic rings. The number of nitrogens with one attached hydrogen (secondary N) is 2. The number of amides is 2. The third-order valence-electron chi connectivity index (χ3n) is 2.25. The Morgan fingerprint density at radius 1 is 1.47 bits per heavy atom. The van der Waals surface area contributed by atoms with Crippen molar-refractivity contribution in [3.05, 3.63) is 28.5 Å². The molecule has 0 saturated heterocycles. The van der Waals surface area contributed by atoms with E-state index in [-0.39, 0.29) is 12.1 Å². The first kappa shape index (κ1) is 15.4. The first-order chi connectivity index (χ1) is 8.92. The monoisotopic (exact) mass is 332 g/mol. The summed E-state index contributed by atoms with van der Waals surface area (Å²) in [4.78, 5) is 22.6. The highest BCUT2D eigenvalue weighted by molar-refractivity contribution is 9.10. The molecule has 1 atom stereocenters. The number of anilines is 1. The fourth-order valence-electron chi connectivity index (χ4n) is 1.36. The Hall–Kier alpha value is -1.63. The molecule has 0 aromatic heterocycles.